The van der Waals surface area contributed by atoms with Gasteiger partial charge in [-0.1, -0.05) is 12.1 Å². The van der Waals surface area contributed by atoms with Crippen LogP contribution in [0.5, 0.6) is 0 Å². The van der Waals surface area contributed by atoms with Crippen molar-refractivity contribution in [3.05, 3.63) is 58.6 Å². The van der Waals surface area contributed by atoms with E-state index in [1.54, 1.807) is 18.5 Å². The van der Waals surface area contributed by atoms with Gasteiger partial charge in [0.05, 0.1) is 0 Å². The maximum Gasteiger partial charge on any atom is 0.273 e. The summed E-state index contributed by atoms with van der Waals surface area (Å²) in [5.41, 5.74) is 1.53. The van der Waals surface area contributed by atoms with Crippen molar-refractivity contribution in [1.82, 2.24) is 14.9 Å². The molecule has 1 saturated carbocycles. The third-order valence-corrected chi connectivity index (χ3v) is 3.70. The van der Waals surface area contributed by atoms with Crippen molar-refractivity contribution in [2.45, 2.75) is 25.4 Å². The average Bonchev–Trinajstić information content (AvgIpc) is 3.30. The second-order valence-corrected chi connectivity index (χ2v) is 5.68. The molecule has 1 aliphatic carbocycles. The van der Waals surface area contributed by atoms with Crippen LogP contribution in [-0.4, -0.2) is 26.8 Å². The molecule has 2 heterocycles. The summed E-state index contributed by atoms with van der Waals surface area (Å²) < 4.78 is 0.681. The number of rotatable bonds is 4. The molecule has 0 N–H and O–H groups in total. The molecule has 0 atom stereocenters. The zero-order chi connectivity index (χ0) is 13.9. The highest BCUT2D eigenvalue weighted by atomic mass is 79.9. The molecule has 20 heavy (non-hydrogen) atoms. The standard InChI is InChI=1S/C15H14BrN3O/c16-14-5-1-4-13(18-14)15(20)19(12-6-7-12)10-11-3-2-8-17-9-11/h1-5,8-9,12H,6-7,10H2. The predicted octanol–water partition coefficient (Wildman–Crippen LogP) is 3.04. The van der Waals surface area contributed by atoms with Gasteiger partial charge in [-0.15, -0.1) is 0 Å². The number of carbonyl (C=O) groups excluding carboxylic acids is 1. The van der Waals surface area contributed by atoms with E-state index in [-0.39, 0.29) is 5.91 Å². The Morgan fingerprint density at radius 1 is 1.30 bits per heavy atom. The SMILES string of the molecule is O=C(c1cccc(Br)n1)N(Cc1cccnc1)C1CC1. The lowest BCUT2D eigenvalue weighted by Gasteiger charge is -2.22. The third-order valence-electron chi connectivity index (χ3n) is 3.26. The quantitative estimate of drug-likeness (QED) is 0.809. The van der Waals surface area contributed by atoms with Crippen molar-refractivity contribution in [1.29, 1.82) is 0 Å². The second kappa shape index (κ2) is 5.71. The molecule has 1 amide bonds. The summed E-state index contributed by atoms with van der Waals surface area (Å²) >= 11 is 3.31. The molecule has 4 nitrogen and oxygen atoms in total. The summed E-state index contributed by atoms with van der Waals surface area (Å²) in [6.45, 7) is 0.589. The third kappa shape index (κ3) is 3.04. The highest BCUT2D eigenvalue weighted by molar-refractivity contribution is 9.10. The Hall–Kier alpha value is -1.75. The van der Waals surface area contributed by atoms with Gasteiger partial charge in [-0.2, -0.15) is 0 Å². The van der Waals surface area contributed by atoms with Crippen LogP contribution in [0.1, 0.15) is 28.9 Å². The summed E-state index contributed by atoms with van der Waals surface area (Å²) in [6, 6.07) is 9.63. The van der Waals surface area contributed by atoms with Gasteiger partial charge in [-0.05, 0) is 52.5 Å². The number of hydrogen-bond donors (Lipinski definition) is 0. The van der Waals surface area contributed by atoms with Gasteiger partial charge in [-0.25, -0.2) is 4.98 Å². The minimum atomic E-state index is -0.0161. The van der Waals surface area contributed by atoms with Crippen LogP contribution in [0.2, 0.25) is 0 Å². The lowest BCUT2D eigenvalue weighted by molar-refractivity contribution is 0.0723. The normalized spacial score (nSPS) is 14.1. The summed E-state index contributed by atoms with van der Waals surface area (Å²) in [4.78, 5) is 22.9. The molecular weight excluding hydrogens is 318 g/mol. The van der Waals surface area contributed by atoms with Gasteiger partial charge in [0, 0.05) is 25.0 Å². The molecule has 0 unspecified atom stereocenters. The first-order chi connectivity index (χ1) is 9.74. The number of hydrogen-bond acceptors (Lipinski definition) is 3. The van der Waals surface area contributed by atoms with E-state index in [2.05, 4.69) is 25.9 Å². The zero-order valence-electron chi connectivity index (χ0n) is 10.9. The van der Waals surface area contributed by atoms with Crippen LogP contribution < -0.4 is 0 Å². The molecule has 1 aliphatic rings. The first kappa shape index (κ1) is 13.2. The summed E-state index contributed by atoms with van der Waals surface area (Å²) in [6.07, 6.45) is 5.68. The van der Waals surface area contributed by atoms with Crippen LogP contribution in [0, 0.1) is 0 Å². The van der Waals surface area contributed by atoms with Crippen LogP contribution in [0.15, 0.2) is 47.3 Å². The molecule has 0 aromatic carbocycles. The fourth-order valence-corrected chi connectivity index (χ4v) is 2.46. The first-order valence-electron chi connectivity index (χ1n) is 6.56. The molecule has 0 bridgehead atoms. The van der Waals surface area contributed by atoms with Crippen LogP contribution in [-0.2, 0) is 6.54 Å². The fraction of sp³-hybridized carbons (Fsp3) is 0.267. The highest BCUT2D eigenvalue weighted by Crippen LogP contribution is 2.29. The number of pyridine rings is 2. The van der Waals surface area contributed by atoms with Gasteiger partial charge in [0.2, 0.25) is 0 Å². The molecule has 102 valence electrons. The molecule has 2 aromatic heterocycles. The maximum absolute atomic E-state index is 12.6. The van der Waals surface area contributed by atoms with E-state index in [1.165, 1.54) is 0 Å². The number of carbonyl (C=O) groups is 1. The Morgan fingerprint density at radius 2 is 2.15 bits per heavy atom. The number of aromatic nitrogens is 2. The first-order valence-corrected chi connectivity index (χ1v) is 7.36. The zero-order valence-corrected chi connectivity index (χ0v) is 12.5. The van der Waals surface area contributed by atoms with Crippen molar-refractivity contribution in [3.63, 3.8) is 0 Å². The maximum atomic E-state index is 12.6. The van der Waals surface area contributed by atoms with Gasteiger partial charge < -0.3 is 4.90 Å². The van der Waals surface area contributed by atoms with Crippen molar-refractivity contribution in [2.75, 3.05) is 0 Å². The van der Waals surface area contributed by atoms with E-state index in [1.807, 2.05) is 29.2 Å². The minimum Gasteiger partial charge on any atom is -0.330 e. The molecule has 0 saturated heterocycles. The van der Waals surface area contributed by atoms with E-state index < -0.39 is 0 Å². The van der Waals surface area contributed by atoms with Gasteiger partial charge >= 0.3 is 0 Å². The summed E-state index contributed by atoms with van der Waals surface area (Å²) in [5, 5.41) is 0. The molecule has 0 radical (unpaired) electrons. The van der Waals surface area contributed by atoms with Crippen LogP contribution in [0.4, 0.5) is 0 Å². The van der Waals surface area contributed by atoms with Gasteiger partial charge in [0.25, 0.3) is 5.91 Å². The lowest BCUT2D eigenvalue weighted by Crippen LogP contribution is -2.33. The van der Waals surface area contributed by atoms with E-state index in [0.717, 1.165) is 18.4 Å². The largest absolute Gasteiger partial charge is 0.330 e. The van der Waals surface area contributed by atoms with Crippen LogP contribution in [0.25, 0.3) is 0 Å². The highest BCUT2D eigenvalue weighted by Gasteiger charge is 2.33. The van der Waals surface area contributed by atoms with E-state index >= 15 is 0 Å². The molecule has 1 fully saturated rings. The van der Waals surface area contributed by atoms with Crippen molar-refractivity contribution < 1.29 is 4.79 Å². The van der Waals surface area contributed by atoms with E-state index in [4.69, 9.17) is 0 Å². The van der Waals surface area contributed by atoms with Gasteiger partial charge in [-0.3, -0.25) is 9.78 Å². The molecule has 0 aliphatic heterocycles. The molecule has 2 aromatic rings. The van der Waals surface area contributed by atoms with Crippen molar-refractivity contribution in [2.24, 2.45) is 0 Å². The average molecular weight is 332 g/mol. The number of halogens is 1. The molecular formula is C15H14BrN3O. The van der Waals surface area contributed by atoms with E-state index in [9.17, 15) is 4.79 Å². The van der Waals surface area contributed by atoms with Gasteiger partial charge in [0.15, 0.2) is 0 Å². The summed E-state index contributed by atoms with van der Waals surface area (Å²) in [5.74, 6) is -0.0161. The Morgan fingerprint density at radius 3 is 2.80 bits per heavy atom. The Balaban J connectivity index is 1.82. The molecule has 5 heteroatoms. The molecule has 3 rings (SSSR count). The van der Waals surface area contributed by atoms with Crippen molar-refractivity contribution >= 4 is 21.8 Å². The van der Waals surface area contributed by atoms with Crippen LogP contribution >= 0.6 is 15.9 Å². The Kier molecular flexibility index (Phi) is 3.78. The molecule has 0 spiro atoms. The predicted molar refractivity (Wildman–Crippen MR) is 79.1 cm³/mol. The topological polar surface area (TPSA) is 46.1 Å². The minimum absolute atomic E-state index is 0.0161. The lowest BCUT2D eigenvalue weighted by atomic mass is 10.2. The van der Waals surface area contributed by atoms with Crippen LogP contribution in [0.3, 0.4) is 0 Å². The fourth-order valence-electron chi connectivity index (χ4n) is 2.12. The Labute approximate surface area is 126 Å². The van der Waals surface area contributed by atoms with Crippen molar-refractivity contribution in [3.8, 4) is 0 Å². The number of nitrogens with zero attached hydrogens (tertiary/aromatic N) is 3. The monoisotopic (exact) mass is 331 g/mol. The smallest absolute Gasteiger partial charge is 0.273 e. The van der Waals surface area contributed by atoms with Gasteiger partial charge in [0.1, 0.15) is 10.3 Å². The van der Waals surface area contributed by atoms with E-state index in [0.29, 0.717) is 22.9 Å². The summed E-state index contributed by atoms with van der Waals surface area (Å²) in [7, 11) is 0. The number of amides is 1. The Bertz CT molecular complexity index is 614. The second-order valence-electron chi connectivity index (χ2n) is 4.87.